The number of hydrogen-bond acceptors (Lipinski definition) is 6. The number of nitrogen functional groups attached to an aromatic ring is 1. The van der Waals surface area contributed by atoms with Crippen LogP contribution in [0, 0.1) is 12.3 Å². The van der Waals surface area contributed by atoms with E-state index in [1.165, 1.54) is 33.7 Å². The number of anilines is 1. The second-order valence-electron chi connectivity index (χ2n) is 13.0. The van der Waals surface area contributed by atoms with Crippen LogP contribution in [-0.2, 0) is 9.59 Å². The van der Waals surface area contributed by atoms with Gasteiger partial charge in [0, 0.05) is 23.6 Å². The van der Waals surface area contributed by atoms with Crippen molar-refractivity contribution < 1.29 is 14.7 Å². The van der Waals surface area contributed by atoms with Gasteiger partial charge in [-0.1, -0.05) is 139 Å². The summed E-state index contributed by atoms with van der Waals surface area (Å²) in [5.74, 6) is -0.524. The van der Waals surface area contributed by atoms with Crippen molar-refractivity contribution in [3.05, 3.63) is 142 Å². The summed E-state index contributed by atoms with van der Waals surface area (Å²) in [5, 5.41) is 23.8. The molecular weight excluding hydrogens is 693 g/mol. The molecule has 7 nitrogen and oxygen atoms in total. The number of hydrogen-bond donors (Lipinski definition) is 5. The minimum absolute atomic E-state index is 0.00140. The summed E-state index contributed by atoms with van der Waals surface area (Å²) in [5.41, 5.74) is 23.6. The lowest BCUT2D eigenvalue weighted by molar-refractivity contribution is -0.116. The van der Waals surface area contributed by atoms with E-state index in [4.69, 9.17) is 11.1 Å². The highest BCUT2D eigenvalue weighted by atomic mass is 16.3. The number of fused-ring (bicyclic) bond motifs is 2. The molecule has 0 heterocycles. The fourth-order valence-corrected chi connectivity index (χ4v) is 6.03. The lowest BCUT2D eigenvalue weighted by Gasteiger charge is -2.12. The first-order valence-corrected chi connectivity index (χ1v) is 19.6. The van der Waals surface area contributed by atoms with E-state index >= 15 is 0 Å². The summed E-state index contributed by atoms with van der Waals surface area (Å²) < 4.78 is 0. The first-order valence-electron chi connectivity index (χ1n) is 19.6. The standard InChI is InChI=1S/C38H36N2O2.2C3H8.C2H5NO.C2H6.CH5N/c1-23(31-14-6-12-28-13-8-16-34(40)38(28)31)17-18-29-19-20-30(37(29)36(25(3)41)26(4)42)21-22-33(39)32-15-7-11-27-10-5-9-24(2)35(27)32;2*1-3-2;1-2(3)4;2*1-2/h5-18,21-22,39,41H,19-20,40H2,1-4H3;2*3H2,1-2H3;1H3,(H2,3,4);1-2H3;2H2,1H3/b22-21?,23-17+,29-18-,36-25?,39-33?;;;;;. The van der Waals surface area contributed by atoms with Crippen LogP contribution in [-0.4, -0.2) is 29.6 Å². The Morgan fingerprint density at radius 3 is 1.73 bits per heavy atom. The minimum atomic E-state index is -0.333. The number of ketones is 1. The number of nitrogens with one attached hydrogen (secondary N) is 1. The van der Waals surface area contributed by atoms with Crippen LogP contribution in [0.2, 0.25) is 0 Å². The molecule has 0 saturated heterocycles. The number of primary amides is 1. The molecule has 0 radical (unpaired) electrons. The molecule has 5 rings (SSSR count). The zero-order valence-corrected chi connectivity index (χ0v) is 36.1. The molecule has 1 aliphatic rings. The van der Waals surface area contributed by atoms with Crippen LogP contribution in [0.3, 0.4) is 0 Å². The first kappa shape index (κ1) is 50.5. The molecule has 8 N–H and O–H groups in total. The van der Waals surface area contributed by atoms with Crippen molar-refractivity contribution in [2.45, 2.75) is 102 Å². The van der Waals surface area contributed by atoms with Crippen LogP contribution in [0.4, 0.5) is 5.69 Å². The van der Waals surface area contributed by atoms with Crippen LogP contribution in [0.15, 0.2) is 125 Å². The maximum atomic E-state index is 12.8. The molecule has 0 bridgehead atoms. The highest BCUT2D eigenvalue weighted by molar-refractivity contribution is 6.15. The Bertz CT molecular complexity index is 2040. The molecule has 0 aromatic heterocycles. The van der Waals surface area contributed by atoms with E-state index in [-0.39, 0.29) is 17.4 Å². The van der Waals surface area contributed by atoms with Crippen molar-refractivity contribution in [2.75, 3.05) is 12.8 Å². The van der Waals surface area contributed by atoms with Crippen LogP contribution in [0.1, 0.15) is 112 Å². The highest BCUT2D eigenvalue weighted by Crippen LogP contribution is 2.39. The van der Waals surface area contributed by atoms with Gasteiger partial charge in [0.15, 0.2) is 5.78 Å². The van der Waals surface area contributed by atoms with Crippen LogP contribution in [0.25, 0.3) is 27.1 Å². The van der Waals surface area contributed by atoms with E-state index < -0.39 is 0 Å². The lowest BCUT2D eigenvalue weighted by Crippen LogP contribution is -2.05. The van der Waals surface area contributed by atoms with Crippen LogP contribution < -0.4 is 17.2 Å². The number of aliphatic hydroxyl groups excluding tert-OH is 1. The lowest BCUT2D eigenvalue weighted by atomic mass is 9.92. The van der Waals surface area contributed by atoms with E-state index in [0.717, 1.165) is 72.6 Å². The van der Waals surface area contributed by atoms with Crippen molar-refractivity contribution >= 4 is 50.2 Å². The predicted octanol–water partition coefficient (Wildman–Crippen LogP) is 12.3. The van der Waals surface area contributed by atoms with Gasteiger partial charge in [-0.2, -0.15) is 0 Å². The summed E-state index contributed by atoms with van der Waals surface area (Å²) in [6, 6.07) is 24.3. The van der Waals surface area contributed by atoms with Gasteiger partial charge in [0.05, 0.1) is 11.3 Å². The van der Waals surface area contributed by atoms with E-state index in [1.807, 2.05) is 62.4 Å². The molecule has 1 aliphatic carbocycles. The normalized spacial score (nSPS) is 13.1. The van der Waals surface area contributed by atoms with Crippen molar-refractivity contribution in [3.8, 4) is 0 Å². The monoisotopic (exact) mass is 761 g/mol. The molecule has 0 spiro atoms. The van der Waals surface area contributed by atoms with Gasteiger partial charge in [-0.3, -0.25) is 9.59 Å². The quantitative estimate of drug-likeness (QED) is 0.0548. The molecule has 4 aromatic rings. The van der Waals surface area contributed by atoms with E-state index in [2.05, 4.69) is 102 Å². The number of amides is 1. The Hall–Kier alpha value is -5.53. The van der Waals surface area contributed by atoms with Crippen molar-refractivity contribution in [1.82, 2.24) is 0 Å². The maximum Gasteiger partial charge on any atom is 0.214 e. The Kier molecular flexibility index (Phi) is 24.4. The molecule has 0 saturated carbocycles. The average molecular weight is 761 g/mol. The van der Waals surface area contributed by atoms with Gasteiger partial charge >= 0.3 is 0 Å². The third-order valence-corrected chi connectivity index (χ3v) is 8.02. The number of aryl methyl sites for hydroxylation is 1. The number of carbonyl (C=O) groups is 2. The number of allylic oxidation sites excluding steroid dienone is 10. The number of rotatable bonds is 7. The fraction of sp³-hybridized carbons (Fsp3) is 0.327. The summed E-state index contributed by atoms with van der Waals surface area (Å²) in [7, 11) is 1.50. The van der Waals surface area contributed by atoms with Gasteiger partial charge in [-0.05, 0) is 109 Å². The third-order valence-electron chi connectivity index (χ3n) is 8.02. The molecule has 4 aromatic carbocycles. The minimum Gasteiger partial charge on any atom is -0.512 e. The number of Topliss-reactive ketones (excluding diaryl/α,β-unsaturated/α-hetero) is 1. The molecule has 0 unspecified atom stereocenters. The van der Waals surface area contributed by atoms with Gasteiger partial charge in [0.2, 0.25) is 5.91 Å². The Morgan fingerprint density at radius 1 is 0.768 bits per heavy atom. The molecule has 0 fully saturated rings. The van der Waals surface area contributed by atoms with Gasteiger partial charge in [-0.15, -0.1) is 0 Å². The van der Waals surface area contributed by atoms with Crippen molar-refractivity contribution in [1.29, 1.82) is 5.41 Å². The summed E-state index contributed by atoms with van der Waals surface area (Å²) >= 11 is 0. The number of benzene rings is 4. The van der Waals surface area contributed by atoms with Crippen molar-refractivity contribution in [2.24, 2.45) is 11.5 Å². The van der Waals surface area contributed by atoms with Gasteiger partial charge in [-0.25, -0.2) is 0 Å². The second kappa shape index (κ2) is 27.1. The molecule has 56 heavy (non-hydrogen) atoms. The summed E-state index contributed by atoms with van der Waals surface area (Å²) in [6.45, 7) is 21.0. The van der Waals surface area contributed by atoms with Gasteiger partial charge < -0.3 is 27.7 Å². The Balaban J connectivity index is 0.00000190. The van der Waals surface area contributed by atoms with Crippen LogP contribution in [0.5, 0.6) is 0 Å². The van der Waals surface area contributed by atoms with Gasteiger partial charge in [0.1, 0.15) is 5.76 Å². The van der Waals surface area contributed by atoms with Crippen LogP contribution >= 0.6 is 0 Å². The zero-order chi connectivity index (χ0) is 43.0. The molecule has 1 amide bonds. The number of nitrogens with two attached hydrogens (primary N) is 3. The average Bonchev–Trinajstić information content (AvgIpc) is 3.56. The van der Waals surface area contributed by atoms with E-state index in [9.17, 15) is 14.7 Å². The maximum absolute atomic E-state index is 12.8. The highest BCUT2D eigenvalue weighted by Gasteiger charge is 2.25. The molecule has 0 atom stereocenters. The van der Waals surface area contributed by atoms with Gasteiger partial charge in [0.25, 0.3) is 0 Å². The van der Waals surface area contributed by atoms with E-state index in [1.54, 1.807) is 6.92 Å². The third kappa shape index (κ3) is 15.0. The first-order chi connectivity index (χ1) is 26.7. The van der Waals surface area contributed by atoms with Crippen molar-refractivity contribution in [3.63, 3.8) is 0 Å². The Morgan fingerprint density at radius 2 is 1.23 bits per heavy atom. The fourth-order valence-electron chi connectivity index (χ4n) is 6.03. The summed E-state index contributed by atoms with van der Waals surface area (Å²) in [4.78, 5) is 22.0. The topological polar surface area (TPSA) is 156 Å². The van der Waals surface area contributed by atoms with E-state index in [0.29, 0.717) is 17.7 Å². The predicted molar refractivity (Wildman–Crippen MR) is 245 cm³/mol. The largest absolute Gasteiger partial charge is 0.512 e. The number of aliphatic hydroxyl groups is 1. The summed E-state index contributed by atoms with van der Waals surface area (Å²) in [6.07, 6.45) is 11.8. The smallest absolute Gasteiger partial charge is 0.214 e. The second-order valence-corrected chi connectivity index (χ2v) is 13.0. The molecular formula is C49H68N4O3. The molecule has 0 aliphatic heterocycles. The molecule has 7 heteroatoms. The number of carbonyl (C=O) groups excluding carboxylic acids is 2. The molecule has 302 valence electrons. The SMILES string of the molecule is CC.CC(=O)C(=C(C)O)C1=C(C=CC(=N)c2cccc3cccc(C)c23)CC/C1=C/C=C(\C)c1cccc2cccc(N)c12.CC(N)=O.CCC.CCC.CN. The Labute approximate surface area is 337 Å². The zero-order valence-electron chi connectivity index (χ0n) is 36.1.